The van der Waals surface area contributed by atoms with E-state index in [9.17, 15) is 4.79 Å². The second-order valence-electron chi connectivity index (χ2n) is 5.73. The first kappa shape index (κ1) is 18.2. The van der Waals surface area contributed by atoms with Gasteiger partial charge in [0.25, 0.3) is 0 Å². The van der Waals surface area contributed by atoms with Crippen molar-refractivity contribution < 1.29 is 14.3 Å². The molecule has 27 heavy (non-hydrogen) atoms. The Hall–Kier alpha value is -3.61. The first-order chi connectivity index (χ1) is 13.1. The number of anilines is 3. The molecule has 2 aromatic carbocycles. The maximum Gasteiger partial charge on any atom is 0.337 e. The number of hydrogen-bond acceptors (Lipinski definition) is 7. The van der Waals surface area contributed by atoms with Gasteiger partial charge in [-0.05, 0) is 48.4 Å². The number of ether oxygens (including phenoxy) is 2. The molecular formula is C20H20N4O3. The molecule has 1 heterocycles. The molecule has 0 aliphatic rings. The van der Waals surface area contributed by atoms with Crippen LogP contribution in [0.15, 0.2) is 54.9 Å². The fourth-order valence-corrected chi connectivity index (χ4v) is 2.41. The molecular weight excluding hydrogens is 344 g/mol. The quantitative estimate of drug-likeness (QED) is 0.639. The summed E-state index contributed by atoms with van der Waals surface area (Å²) < 4.78 is 10.4. The number of aromatic nitrogens is 2. The molecule has 0 unspecified atom stereocenters. The summed E-state index contributed by atoms with van der Waals surface area (Å²) in [5, 5.41) is 3.16. The third-order valence-corrected chi connectivity index (χ3v) is 3.96. The van der Waals surface area contributed by atoms with Crippen molar-refractivity contribution in [2.45, 2.75) is 13.3 Å². The molecule has 0 fully saturated rings. The number of nitrogen functional groups attached to an aromatic ring is 1. The second-order valence-corrected chi connectivity index (χ2v) is 5.73. The van der Waals surface area contributed by atoms with Crippen molar-refractivity contribution in [2.24, 2.45) is 0 Å². The molecule has 138 valence electrons. The molecule has 0 saturated heterocycles. The van der Waals surface area contributed by atoms with Gasteiger partial charge in [0.05, 0.1) is 12.7 Å². The molecule has 3 aromatic rings. The number of nitrogens with zero attached hydrogens (tertiary/aromatic N) is 2. The molecule has 0 amide bonds. The molecule has 3 rings (SSSR count). The van der Waals surface area contributed by atoms with Gasteiger partial charge in [-0.15, -0.1) is 0 Å². The Labute approximate surface area is 157 Å². The minimum Gasteiger partial charge on any atom is -0.465 e. The Bertz CT molecular complexity index is 925. The van der Waals surface area contributed by atoms with Gasteiger partial charge >= 0.3 is 5.97 Å². The van der Waals surface area contributed by atoms with E-state index in [1.165, 1.54) is 19.0 Å². The van der Waals surface area contributed by atoms with Gasteiger partial charge in [0.1, 0.15) is 17.8 Å². The average Bonchev–Trinajstić information content (AvgIpc) is 2.71. The van der Waals surface area contributed by atoms with Crippen LogP contribution in [0.3, 0.4) is 0 Å². The maximum absolute atomic E-state index is 11.5. The van der Waals surface area contributed by atoms with E-state index in [4.69, 9.17) is 10.5 Å². The molecule has 0 aliphatic heterocycles. The fourth-order valence-electron chi connectivity index (χ4n) is 2.41. The molecule has 7 nitrogen and oxygen atoms in total. The van der Waals surface area contributed by atoms with Gasteiger partial charge in [-0.25, -0.2) is 9.78 Å². The molecule has 1 aromatic heterocycles. The largest absolute Gasteiger partial charge is 0.465 e. The van der Waals surface area contributed by atoms with Crippen molar-refractivity contribution in [3.8, 4) is 11.6 Å². The van der Waals surface area contributed by atoms with Gasteiger partial charge in [0, 0.05) is 5.69 Å². The van der Waals surface area contributed by atoms with Gasteiger partial charge in [0.15, 0.2) is 5.82 Å². The highest BCUT2D eigenvalue weighted by molar-refractivity contribution is 5.89. The van der Waals surface area contributed by atoms with Crippen LogP contribution in [0.5, 0.6) is 11.6 Å². The molecule has 0 spiro atoms. The molecule has 0 bridgehead atoms. The Morgan fingerprint density at radius 3 is 2.41 bits per heavy atom. The fraction of sp³-hybridized carbons (Fsp3) is 0.150. The number of nitrogens with one attached hydrogen (secondary N) is 1. The predicted octanol–water partition coefficient (Wildman–Crippen LogP) is 3.94. The lowest BCUT2D eigenvalue weighted by molar-refractivity contribution is 0.0600. The van der Waals surface area contributed by atoms with Crippen molar-refractivity contribution in [3.05, 3.63) is 66.0 Å². The van der Waals surface area contributed by atoms with Crippen molar-refractivity contribution in [1.29, 1.82) is 0 Å². The second kappa shape index (κ2) is 8.18. The first-order valence-electron chi connectivity index (χ1n) is 8.43. The molecule has 0 radical (unpaired) electrons. The highest BCUT2D eigenvalue weighted by Gasteiger charge is 2.12. The van der Waals surface area contributed by atoms with Gasteiger partial charge < -0.3 is 20.5 Å². The zero-order valence-corrected chi connectivity index (χ0v) is 15.1. The number of carbonyl (C=O) groups excluding carboxylic acids is 1. The maximum atomic E-state index is 11.5. The number of rotatable bonds is 6. The van der Waals surface area contributed by atoms with Crippen LogP contribution in [0.4, 0.5) is 17.2 Å². The smallest absolute Gasteiger partial charge is 0.337 e. The number of esters is 1. The normalized spacial score (nSPS) is 10.3. The summed E-state index contributed by atoms with van der Waals surface area (Å²) in [6.45, 7) is 2.10. The summed E-state index contributed by atoms with van der Waals surface area (Å²) in [5.41, 5.74) is 8.98. The van der Waals surface area contributed by atoms with E-state index >= 15 is 0 Å². The Morgan fingerprint density at radius 1 is 1.07 bits per heavy atom. The van der Waals surface area contributed by atoms with E-state index in [0.717, 1.165) is 12.1 Å². The summed E-state index contributed by atoms with van der Waals surface area (Å²) >= 11 is 0. The third kappa shape index (κ3) is 4.33. The Balaban J connectivity index is 1.77. The van der Waals surface area contributed by atoms with Crippen LogP contribution in [-0.2, 0) is 11.2 Å². The van der Waals surface area contributed by atoms with Crippen LogP contribution in [-0.4, -0.2) is 23.0 Å². The highest BCUT2D eigenvalue weighted by atomic mass is 16.5. The molecule has 7 heteroatoms. The number of hydrogen-bond donors (Lipinski definition) is 2. The van der Waals surface area contributed by atoms with Crippen molar-refractivity contribution >= 4 is 23.2 Å². The molecule has 0 atom stereocenters. The van der Waals surface area contributed by atoms with E-state index in [-0.39, 0.29) is 11.6 Å². The van der Waals surface area contributed by atoms with Gasteiger partial charge in [-0.2, -0.15) is 4.98 Å². The van der Waals surface area contributed by atoms with Crippen molar-refractivity contribution in [3.63, 3.8) is 0 Å². The summed E-state index contributed by atoms with van der Waals surface area (Å²) in [6, 6.07) is 14.5. The third-order valence-electron chi connectivity index (χ3n) is 3.96. The summed E-state index contributed by atoms with van der Waals surface area (Å²) in [5.74, 6) is 0.758. The van der Waals surface area contributed by atoms with E-state index in [0.29, 0.717) is 17.1 Å². The number of carbonyl (C=O) groups is 1. The molecule has 3 N–H and O–H groups in total. The molecule has 0 aliphatic carbocycles. The lowest BCUT2D eigenvalue weighted by Crippen LogP contribution is -2.03. The van der Waals surface area contributed by atoms with Gasteiger partial charge in [-0.1, -0.05) is 19.1 Å². The minimum atomic E-state index is -0.413. The zero-order chi connectivity index (χ0) is 19.2. The van der Waals surface area contributed by atoms with Crippen molar-refractivity contribution in [2.75, 3.05) is 18.2 Å². The highest BCUT2D eigenvalue weighted by Crippen LogP contribution is 2.31. The number of benzene rings is 2. The SMILES string of the molecule is CCc1ccc(Nc2ncnc(Oc3ccc(C(=O)OC)cc3)c2N)cc1. The van der Waals surface area contributed by atoms with Gasteiger partial charge in [0.2, 0.25) is 5.88 Å². The van der Waals surface area contributed by atoms with Gasteiger partial charge in [-0.3, -0.25) is 0 Å². The average molecular weight is 364 g/mol. The number of aryl methyl sites for hydroxylation is 1. The van der Waals surface area contributed by atoms with Crippen LogP contribution >= 0.6 is 0 Å². The van der Waals surface area contributed by atoms with Crippen LogP contribution in [0, 0.1) is 0 Å². The first-order valence-corrected chi connectivity index (χ1v) is 8.43. The Morgan fingerprint density at radius 2 is 1.78 bits per heavy atom. The summed E-state index contributed by atoms with van der Waals surface area (Å²) in [6.07, 6.45) is 2.35. The van der Waals surface area contributed by atoms with E-state index < -0.39 is 5.97 Å². The lowest BCUT2D eigenvalue weighted by Gasteiger charge is -2.12. The van der Waals surface area contributed by atoms with Crippen LogP contribution < -0.4 is 15.8 Å². The summed E-state index contributed by atoms with van der Waals surface area (Å²) in [4.78, 5) is 19.7. The molecule has 0 saturated carbocycles. The van der Waals surface area contributed by atoms with Crippen LogP contribution in [0.2, 0.25) is 0 Å². The standard InChI is InChI=1S/C20H20N4O3/c1-3-13-4-8-15(9-5-13)24-18-17(21)19(23-12-22-18)27-16-10-6-14(7-11-16)20(25)26-2/h4-12H,3,21H2,1-2H3,(H,22,23,24). The number of methoxy groups -OCH3 is 1. The zero-order valence-electron chi connectivity index (χ0n) is 15.1. The predicted molar refractivity (Wildman–Crippen MR) is 103 cm³/mol. The van der Waals surface area contributed by atoms with E-state index in [1.807, 2.05) is 24.3 Å². The minimum absolute atomic E-state index is 0.225. The van der Waals surface area contributed by atoms with Crippen molar-refractivity contribution in [1.82, 2.24) is 9.97 Å². The topological polar surface area (TPSA) is 99.4 Å². The van der Waals surface area contributed by atoms with E-state index in [1.54, 1.807) is 24.3 Å². The van der Waals surface area contributed by atoms with E-state index in [2.05, 4.69) is 26.9 Å². The number of nitrogens with two attached hydrogens (primary N) is 1. The monoisotopic (exact) mass is 364 g/mol. The van der Waals surface area contributed by atoms with Crippen LogP contribution in [0.25, 0.3) is 0 Å². The van der Waals surface area contributed by atoms with Crippen LogP contribution in [0.1, 0.15) is 22.8 Å². The Kier molecular flexibility index (Phi) is 5.51. The summed E-state index contributed by atoms with van der Waals surface area (Å²) in [7, 11) is 1.33. The lowest BCUT2D eigenvalue weighted by atomic mass is 10.1.